The van der Waals surface area contributed by atoms with E-state index in [9.17, 15) is 0 Å². The van der Waals surface area contributed by atoms with Gasteiger partial charge in [0.05, 0.1) is 0 Å². The van der Waals surface area contributed by atoms with Crippen LogP contribution in [0.2, 0.25) is 5.02 Å². The second-order valence-corrected chi connectivity index (χ2v) is 3.78. The molecule has 3 N–H and O–H groups in total. The van der Waals surface area contributed by atoms with Gasteiger partial charge in [-0.25, -0.2) is 0 Å². The molecule has 0 bridgehead atoms. The zero-order valence-electron chi connectivity index (χ0n) is 8.70. The van der Waals surface area contributed by atoms with Crippen molar-refractivity contribution in [2.75, 3.05) is 5.73 Å². The van der Waals surface area contributed by atoms with Gasteiger partial charge in [-0.05, 0) is 30.7 Å². The van der Waals surface area contributed by atoms with Crippen LogP contribution in [-0.2, 0) is 6.61 Å². The predicted molar refractivity (Wildman–Crippen MR) is 61.3 cm³/mol. The van der Waals surface area contributed by atoms with Crippen LogP contribution in [0, 0.1) is 6.92 Å². The van der Waals surface area contributed by atoms with Gasteiger partial charge in [-0.15, -0.1) is 5.10 Å². The molecular formula is C10H11ClN4O. The first-order valence-corrected chi connectivity index (χ1v) is 5.08. The third kappa shape index (κ3) is 2.43. The summed E-state index contributed by atoms with van der Waals surface area (Å²) in [5.41, 5.74) is 6.34. The topological polar surface area (TPSA) is 76.8 Å². The Morgan fingerprint density at radius 3 is 2.94 bits per heavy atom. The molecule has 0 spiro atoms. The minimum atomic E-state index is 0.214. The SMILES string of the molecule is Cc1cc(Cl)ccc1OCc1nc(N)n[nH]1. The van der Waals surface area contributed by atoms with Crippen LogP contribution in [0.4, 0.5) is 5.95 Å². The zero-order chi connectivity index (χ0) is 11.5. The van der Waals surface area contributed by atoms with Gasteiger partial charge in [0.1, 0.15) is 12.4 Å². The normalized spacial score (nSPS) is 10.4. The van der Waals surface area contributed by atoms with Crippen LogP contribution in [0.3, 0.4) is 0 Å². The molecule has 0 unspecified atom stereocenters. The van der Waals surface area contributed by atoms with Gasteiger partial charge in [0, 0.05) is 5.02 Å². The first-order valence-electron chi connectivity index (χ1n) is 4.71. The third-order valence-corrected chi connectivity index (χ3v) is 2.29. The highest BCUT2D eigenvalue weighted by Crippen LogP contribution is 2.22. The number of nitrogen functional groups attached to an aromatic ring is 1. The number of rotatable bonds is 3. The van der Waals surface area contributed by atoms with Gasteiger partial charge in [0.2, 0.25) is 5.95 Å². The van der Waals surface area contributed by atoms with Crippen LogP contribution >= 0.6 is 11.6 Å². The lowest BCUT2D eigenvalue weighted by Crippen LogP contribution is -1.99. The molecule has 0 atom stereocenters. The van der Waals surface area contributed by atoms with Gasteiger partial charge in [-0.2, -0.15) is 4.98 Å². The maximum absolute atomic E-state index is 5.84. The molecule has 0 radical (unpaired) electrons. The molecule has 1 aromatic heterocycles. The molecule has 6 heteroatoms. The van der Waals surface area contributed by atoms with Crippen LogP contribution < -0.4 is 10.5 Å². The highest BCUT2D eigenvalue weighted by molar-refractivity contribution is 6.30. The molecule has 2 rings (SSSR count). The van der Waals surface area contributed by atoms with Crippen LogP contribution in [0.15, 0.2) is 18.2 Å². The molecule has 0 saturated heterocycles. The van der Waals surface area contributed by atoms with Crippen molar-refractivity contribution in [3.8, 4) is 5.75 Å². The molecule has 0 amide bonds. The highest BCUT2D eigenvalue weighted by atomic mass is 35.5. The average molecular weight is 239 g/mol. The summed E-state index contributed by atoms with van der Waals surface area (Å²) in [4.78, 5) is 3.93. The van der Waals surface area contributed by atoms with Crippen molar-refractivity contribution in [2.24, 2.45) is 0 Å². The van der Waals surface area contributed by atoms with E-state index < -0.39 is 0 Å². The summed E-state index contributed by atoms with van der Waals surface area (Å²) in [5, 5.41) is 7.06. The van der Waals surface area contributed by atoms with Crippen LogP contribution in [-0.4, -0.2) is 15.2 Å². The Kier molecular flexibility index (Phi) is 2.96. The summed E-state index contributed by atoms with van der Waals surface area (Å²) >= 11 is 5.84. The predicted octanol–water partition coefficient (Wildman–Crippen LogP) is 1.93. The number of anilines is 1. The lowest BCUT2D eigenvalue weighted by atomic mass is 10.2. The number of ether oxygens (including phenoxy) is 1. The molecule has 2 aromatic rings. The molecule has 0 aliphatic carbocycles. The van der Waals surface area contributed by atoms with E-state index >= 15 is 0 Å². The van der Waals surface area contributed by atoms with Crippen molar-refractivity contribution < 1.29 is 4.74 Å². The summed E-state index contributed by atoms with van der Waals surface area (Å²) in [5.74, 6) is 1.57. The number of aromatic amines is 1. The van der Waals surface area contributed by atoms with Crippen molar-refractivity contribution in [2.45, 2.75) is 13.5 Å². The molecule has 84 valence electrons. The van der Waals surface area contributed by atoms with E-state index in [-0.39, 0.29) is 5.95 Å². The van der Waals surface area contributed by atoms with Crippen LogP contribution in [0.5, 0.6) is 5.75 Å². The Balaban J connectivity index is 2.04. The van der Waals surface area contributed by atoms with Gasteiger partial charge in [-0.3, -0.25) is 5.10 Å². The molecule has 0 saturated carbocycles. The number of nitrogens with zero attached hydrogens (tertiary/aromatic N) is 2. The Morgan fingerprint density at radius 1 is 1.50 bits per heavy atom. The van der Waals surface area contributed by atoms with Crippen LogP contribution in [0.25, 0.3) is 0 Å². The molecule has 0 fully saturated rings. The summed E-state index contributed by atoms with van der Waals surface area (Å²) in [6.45, 7) is 2.22. The number of halogens is 1. The summed E-state index contributed by atoms with van der Waals surface area (Å²) < 4.78 is 5.54. The Labute approximate surface area is 97.6 Å². The number of benzene rings is 1. The zero-order valence-corrected chi connectivity index (χ0v) is 9.45. The molecule has 5 nitrogen and oxygen atoms in total. The number of aromatic nitrogens is 3. The maximum atomic E-state index is 5.84. The smallest absolute Gasteiger partial charge is 0.239 e. The van der Waals surface area contributed by atoms with Crippen molar-refractivity contribution in [1.82, 2.24) is 15.2 Å². The molecule has 1 heterocycles. The van der Waals surface area contributed by atoms with E-state index in [1.165, 1.54) is 0 Å². The van der Waals surface area contributed by atoms with Crippen LogP contribution in [0.1, 0.15) is 11.4 Å². The van der Waals surface area contributed by atoms with Crippen molar-refractivity contribution in [3.63, 3.8) is 0 Å². The largest absolute Gasteiger partial charge is 0.485 e. The highest BCUT2D eigenvalue weighted by Gasteiger charge is 2.03. The van der Waals surface area contributed by atoms with Crippen molar-refractivity contribution in [1.29, 1.82) is 0 Å². The van der Waals surface area contributed by atoms with E-state index in [4.69, 9.17) is 22.1 Å². The first kappa shape index (κ1) is 10.8. The van der Waals surface area contributed by atoms with E-state index in [0.717, 1.165) is 11.3 Å². The molecule has 1 aromatic carbocycles. The van der Waals surface area contributed by atoms with E-state index in [1.54, 1.807) is 6.07 Å². The fraction of sp³-hybridized carbons (Fsp3) is 0.200. The van der Waals surface area contributed by atoms with Gasteiger partial charge < -0.3 is 10.5 Å². The van der Waals surface area contributed by atoms with Crippen molar-refractivity contribution >= 4 is 17.5 Å². The maximum Gasteiger partial charge on any atom is 0.239 e. The first-order chi connectivity index (χ1) is 7.65. The molecular weight excluding hydrogens is 228 g/mol. The Bertz CT molecular complexity index is 497. The summed E-state index contributed by atoms with van der Waals surface area (Å²) in [6, 6.07) is 5.43. The van der Waals surface area contributed by atoms with Gasteiger partial charge in [0.15, 0.2) is 5.82 Å². The van der Waals surface area contributed by atoms with E-state index in [0.29, 0.717) is 17.5 Å². The third-order valence-electron chi connectivity index (χ3n) is 2.05. The van der Waals surface area contributed by atoms with E-state index in [1.807, 2.05) is 19.1 Å². The molecule has 0 aliphatic heterocycles. The number of hydrogen-bond acceptors (Lipinski definition) is 4. The fourth-order valence-corrected chi connectivity index (χ4v) is 1.52. The van der Waals surface area contributed by atoms with E-state index in [2.05, 4.69) is 15.2 Å². The number of H-pyrrole nitrogens is 1. The molecule has 16 heavy (non-hydrogen) atoms. The van der Waals surface area contributed by atoms with Gasteiger partial charge in [0.25, 0.3) is 0 Å². The Hall–Kier alpha value is -1.75. The lowest BCUT2D eigenvalue weighted by molar-refractivity contribution is 0.294. The number of nitrogens with two attached hydrogens (primary N) is 1. The second kappa shape index (κ2) is 4.40. The fourth-order valence-electron chi connectivity index (χ4n) is 1.30. The number of hydrogen-bond donors (Lipinski definition) is 2. The summed E-state index contributed by atoms with van der Waals surface area (Å²) in [7, 11) is 0. The lowest BCUT2D eigenvalue weighted by Gasteiger charge is -2.07. The summed E-state index contributed by atoms with van der Waals surface area (Å²) in [6.07, 6.45) is 0. The number of nitrogens with one attached hydrogen (secondary N) is 1. The second-order valence-electron chi connectivity index (χ2n) is 3.34. The van der Waals surface area contributed by atoms with Crippen molar-refractivity contribution in [3.05, 3.63) is 34.6 Å². The minimum absolute atomic E-state index is 0.214. The monoisotopic (exact) mass is 238 g/mol. The number of aryl methyl sites for hydroxylation is 1. The molecule has 0 aliphatic rings. The quantitative estimate of drug-likeness (QED) is 0.857. The van der Waals surface area contributed by atoms with Gasteiger partial charge in [-0.1, -0.05) is 11.6 Å². The average Bonchev–Trinajstić information content (AvgIpc) is 2.63. The van der Waals surface area contributed by atoms with Gasteiger partial charge >= 0.3 is 0 Å². The standard InChI is InChI=1S/C10H11ClN4O/c1-6-4-7(11)2-3-8(6)16-5-9-13-10(12)15-14-9/h2-4H,5H2,1H3,(H3,12,13,14,15). The Morgan fingerprint density at radius 2 is 2.31 bits per heavy atom. The minimum Gasteiger partial charge on any atom is -0.485 e.